The van der Waals surface area contributed by atoms with Crippen LogP contribution in [0.3, 0.4) is 0 Å². The number of ether oxygens (including phenoxy) is 3. The van der Waals surface area contributed by atoms with Crippen molar-refractivity contribution in [1.29, 1.82) is 0 Å². The zero-order valence-corrected chi connectivity index (χ0v) is 14.6. The summed E-state index contributed by atoms with van der Waals surface area (Å²) in [6, 6.07) is 14.2. The maximum Gasteiger partial charge on any atom is 0.260 e. The average Bonchev–Trinajstić information content (AvgIpc) is 2.65. The third-order valence-corrected chi connectivity index (χ3v) is 3.69. The van der Waals surface area contributed by atoms with E-state index in [0.717, 1.165) is 0 Å². The van der Waals surface area contributed by atoms with Gasteiger partial charge in [0.1, 0.15) is 5.75 Å². The second-order valence-corrected chi connectivity index (χ2v) is 5.45. The van der Waals surface area contributed by atoms with Crippen LogP contribution in [0.2, 0.25) is 0 Å². The van der Waals surface area contributed by atoms with Crippen LogP contribution in [0.4, 0.5) is 0 Å². The molecule has 0 bridgehead atoms. The SMILES string of the molecule is COc1ccc([C@@H](O)CNC(=O)[C@H](C)Oc2ccccc2)cc1OC. The van der Waals surface area contributed by atoms with Crippen LogP contribution in [0.5, 0.6) is 17.2 Å². The summed E-state index contributed by atoms with van der Waals surface area (Å²) >= 11 is 0. The fourth-order valence-corrected chi connectivity index (χ4v) is 2.28. The van der Waals surface area contributed by atoms with Gasteiger partial charge >= 0.3 is 0 Å². The smallest absolute Gasteiger partial charge is 0.260 e. The lowest BCUT2D eigenvalue weighted by Gasteiger charge is -2.17. The molecular weight excluding hydrogens is 322 g/mol. The Kier molecular flexibility index (Phi) is 6.65. The predicted molar refractivity (Wildman–Crippen MR) is 94.0 cm³/mol. The van der Waals surface area contributed by atoms with Gasteiger partial charge in [0.25, 0.3) is 5.91 Å². The second kappa shape index (κ2) is 8.94. The van der Waals surface area contributed by atoms with Crippen LogP contribution >= 0.6 is 0 Å². The Morgan fingerprint density at radius 3 is 2.40 bits per heavy atom. The normalized spacial score (nSPS) is 12.8. The van der Waals surface area contributed by atoms with Crippen molar-refractivity contribution in [2.24, 2.45) is 0 Å². The number of hydrogen-bond donors (Lipinski definition) is 2. The number of nitrogens with one attached hydrogen (secondary N) is 1. The third-order valence-electron chi connectivity index (χ3n) is 3.69. The molecule has 2 rings (SSSR count). The molecule has 0 aliphatic heterocycles. The van der Waals surface area contributed by atoms with Gasteiger partial charge < -0.3 is 24.6 Å². The van der Waals surface area contributed by atoms with Gasteiger partial charge in [0, 0.05) is 6.54 Å². The van der Waals surface area contributed by atoms with Crippen LogP contribution in [0.15, 0.2) is 48.5 Å². The third kappa shape index (κ3) is 5.12. The van der Waals surface area contributed by atoms with Gasteiger partial charge in [-0.3, -0.25) is 4.79 Å². The molecular formula is C19H23NO5. The summed E-state index contributed by atoms with van der Waals surface area (Å²) in [4.78, 5) is 12.1. The number of methoxy groups -OCH3 is 2. The van der Waals surface area contributed by atoms with Gasteiger partial charge in [0.2, 0.25) is 0 Å². The minimum Gasteiger partial charge on any atom is -0.493 e. The second-order valence-electron chi connectivity index (χ2n) is 5.45. The average molecular weight is 345 g/mol. The molecule has 134 valence electrons. The van der Waals surface area contributed by atoms with E-state index >= 15 is 0 Å². The van der Waals surface area contributed by atoms with Crippen molar-refractivity contribution in [3.63, 3.8) is 0 Å². The molecule has 2 aromatic rings. The highest BCUT2D eigenvalue weighted by Gasteiger charge is 2.17. The number of carbonyl (C=O) groups is 1. The van der Waals surface area contributed by atoms with Crippen LogP contribution < -0.4 is 19.5 Å². The van der Waals surface area contributed by atoms with Gasteiger partial charge in [0.05, 0.1) is 20.3 Å². The van der Waals surface area contributed by atoms with Crippen molar-refractivity contribution in [2.45, 2.75) is 19.1 Å². The summed E-state index contributed by atoms with van der Waals surface area (Å²) in [6.07, 6.45) is -1.53. The maximum atomic E-state index is 12.1. The van der Waals surface area contributed by atoms with Crippen LogP contribution in [0.25, 0.3) is 0 Å². The summed E-state index contributed by atoms with van der Waals surface area (Å²) in [5.74, 6) is 1.41. The highest BCUT2D eigenvalue weighted by atomic mass is 16.5. The number of amides is 1. The van der Waals surface area contributed by atoms with E-state index in [1.807, 2.05) is 18.2 Å². The number of aliphatic hydroxyl groups is 1. The zero-order valence-electron chi connectivity index (χ0n) is 14.6. The molecule has 0 aromatic heterocycles. The Morgan fingerprint density at radius 1 is 1.08 bits per heavy atom. The van der Waals surface area contributed by atoms with E-state index in [2.05, 4.69) is 5.32 Å². The minimum absolute atomic E-state index is 0.0663. The van der Waals surface area contributed by atoms with E-state index in [0.29, 0.717) is 22.8 Å². The molecule has 1 amide bonds. The number of rotatable bonds is 8. The molecule has 0 unspecified atom stereocenters. The van der Waals surface area contributed by atoms with E-state index in [-0.39, 0.29) is 12.5 Å². The largest absolute Gasteiger partial charge is 0.493 e. The van der Waals surface area contributed by atoms with Gasteiger partial charge in [-0.05, 0) is 36.8 Å². The lowest BCUT2D eigenvalue weighted by Crippen LogP contribution is -2.38. The fourth-order valence-electron chi connectivity index (χ4n) is 2.28. The first-order chi connectivity index (χ1) is 12.0. The molecule has 2 N–H and O–H groups in total. The Labute approximate surface area is 147 Å². The first kappa shape index (κ1) is 18.6. The van der Waals surface area contributed by atoms with Crippen molar-refractivity contribution in [2.75, 3.05) is 20.8 Å². The quantitative estimate of drug-likeness (QED) is 0.768. The van der Waals surface area contributed by atoms with Crippen molar-refractivity contribution in [3.8, 4) is 17.2 Å². The molecule has 6 heteroatoms. The van der Waals surface area contributed by atoms with E-state index < -0.39 is 12.2 Å². The van der Waals surface area contributed by atoms with Crippen LogP contribution in [-0.4, -0.2) is 37.9 Å². The summed E-state index contributed by atoms with van der Waals surface area (Å²) in [7, 11) is 3.07. The van der Waals surface area contributed by atoms with E-state index in [1.165, 1.54) is 7.11 Å². The molecule has 0 saturated heterocycles. The zero-order chi connectivity index (χ0) is 18.2. The van der Waals surface area contributed by atoms with Crippen LogP contribution in [0, 0.1) is 0 Å². The van der Waals surface area contributed by atoms with Gasteiger partial charge in [0.15, 0.2) is 17.6 Å². The Bertz CT molecular complexity index is 689. The number of aliphatic hydroxyl groups excluding tert-OH is 1. The molecule has 0 saturated carbocycles. The fraction of sp³-hybridized carbons (Fsp3) is 0.316. The molecule has 2 aromatic carbocycles. The first-order valence-electron chi connectivity index (χ1n) is 7.94. The molecule has 0 aliphatic carbocycles. The van der Waals surface area contributed by atoms with E-state index in [1.54, 1.807) is 44.4 Å². The van der Waals surface area contributed by atoms with Crippen molar-refractivity contribution in [1.82, 2.24) is 5.32 Å². The number of carbonyl (C=O) groups excluding carboxylic acids is 1. The van der Waals surface area contributed by atoms with Gasteiger partial charge in [-0.25, -0.2) is 0 Å². The molecule has 0 heterocycles. The minimum atomic E-state index is -0.868. The highest BCUT2D eigenvalue weighted by molar-refractivity contribution is 5.80. The summed E-state index contributed by atoms with van der Waals surface area (Å²) in [5.41, 5.74) is 0.620. The molecule has 0 spiro atoms. The molecule has 0 fully saturated rings. The Hall–Kier alpha value is -2.73. The topological polar surface area (TPSA) is 77.0 Å². The van der Waals surface area contributed by atoms with E-state index in [4.69, 9.17) is 14.2 Å². The monoisotopic (exact) mass is 345 g/mol. The van der Waals surface area contributed by atoms with Gasteiger partial charge in [-0.15, -0.1) is 0 Å². The van der Waals surface area contributed by atoms with Gasteiger partial charge in [-0.2, -0.15) is 0 Å². The maximum absolute atomic E-state index is 12.1. The standard InChI is InChI=1S/C19H23NO5/c1-13(25-15-7-5-4-6-8-15)19(22)20-12-16(21)14-9-10-17(23-2)18(11-14)24-3/h4-11,13,16,21H,12H2,1-3H3,(H,20,22)/t13-,16-/m0/s1. The molecule has 2 atom stereocenters. The predicted octanol–water partition coefficient (Wildman–Crippen LogP) is 2.32. The Morgan fingerprint density at radius 2 is 1.76 bits per heavy atom. The van der Waals surface area contributed by atoms with Crippen molar-refractivity contribution >= 4 is 5.91 Å². The lowest BCUT2D eigenvalue weighted by atomic mass is 10.1. The van der Waals surface area contributed by atoms with Crippen LogP contribution in [-0.2, 0) is 4.79 Å². The lowest BCUT2D eigenvalue weighted by molar-refractivity contribution is -0.127. The molecule has 25 heavy (non-hydrogen) atoms. The number of benzene rings is 2. The first-order valence-corrected chi connectivity index (χ1v) is 7.94. The van der Waals surface area contributed by atoms with Gasteiger partial charge in [-0.1, -0.05) is 24.3 Å². The summed E-state index contributed by atoms with van der Waals surface area (Å²) in [5, 5.41) is 13.0. The van der Waals surface area contributed by atoms with Crippen LogP contribution in [0.1, 0.15) is 18.6 Å². The van der Waals surface area contributed by atoms with E-state index in [9.17, 15) is 9.90 Å². The van der Waals surface area contributed by atoms with Crippen molar-refractivity contribution < 1.29 is 24.1 Å². The summed E-state index contributed by atoms with van der Waals surface area (Å²) < 4.78 is 15.9. The molecule has 0 radical (unpaired) electrons. The number of para-hydroxylation sites is 1. The highest BCUT2D eigenvalue weighted by Crippen LogP contribution is 2.29. The number of hydrogen-bond acceptors (Lipinski definition) is 5. The Balaban J connectivity index is 1.90. The summed E-state index contributed by atoms with van der Waals surface area (Å²) in [6.45, 7) is 1.72. The molecule has 6 nitrogen and oxygen atoms in total. The molecule has 0 aliphatic rings. The van der Waals surface area contributed by atoms with Crippen molar-refractivity contribution in [3.05, 3.63) is 54.1 Å².